The van der Waals surface area contributed by atoms with E-state index < -0.39 is 29.8 Å². The molecule has 1 fully saturated rings. The molecule has 0 bridgehead atoms. The molecule has 1 aliphatic heterocycles. The van der Waals surface area contributed by atoms with E-state index in [-0.39, 0.29) is 18.9 Å². The summed E-state index contributed by atoms with van der Waals surface area (Å²) in [5, 5.41) is 25.0. The van der Waals surface area contributed by atoms with E-state index in [0.717, 1.165) is 39.8 Å². The summed E-state index contributed by atoms with van der Waals surface area (Å²) in [5.41, 5.74) is 8.03. The minimum Gasteiger partial charge on any atom is -0.394 e. The Morgan fingerprint density at radius 1 is 1.19 bits per heavy atom. The van der Waals surface area contributed by atoms with E-state index in [9.17, 15) is 15.0 Å². The van der Waals surface area contributed by atoms with Crippen molar-refractivity contribution >= 4 is 28.6 Å². The summed E-state index contributed by atoms with van der Waals surface area (Å²) in [6, 6.07) is 15.2. The van der Waals surface area contributed by atoms with Crippen LogP contribution < -0.4 is 11.1 Å². The topological polar surface area (TPSA) is 130 Å². The number of nitrogens with one attached hydrogen (secondary N) is 2. The first-order valence-electron chi connectivity index (χ1n) is 12.3. The summed E-state index contributed by atoms with van der Waals surface area (Å²) in [6.07, 6.45) is 0.871. The number of para-hydroxylation sites is 1. The van der Waals surface area contributed by atoms with Crippen LogP contribution in [0.4, 0.5) is 0 Å². The third kappa shape index (κ3) is 6.47. The Kier molecular flexibility index (Phi) is 9.41. The number of thioether (sulfide) groups is 1. The van der Waals surface area contributed by atoms with Gasteiger partial charge in [0.2, 0.25) is 5.91 Å². The van der Waals surface area contributed by atoms with E-state index in [1.165, 1.54) is 11.8 Å². The number of hydrogen-bond donors (Lipinski definition) is 5. The number of H-pyrrole nitrogens is 1. The second-order valence-electron chi connectivity index (χ2n) is 9.11. The molecule has 1 amide bonds. The molecule has 2 aromatic carbocycles. The van der Waals surface area contributed by atoms with Crippen molar-refractivity contribution in [3.63, 3.8) is 0 Å². The molecule has 5 atom stereocenters. The van der Waals surface area contributed by atoms with Crippen LogP contribution in [0, 0.1) is 6.92 Å². The molecule has 1 aromatic heterocycles. The first kappa shape index (κ1) is 26.7. The van der Waals surface area contributed by atoms with E-state index in [2.05, 4.69) is 10.3 Å². The molecule has 4 rings (SSSR count). The van der Waals surface area contributed by atoms with Crippen LogP contribution in [-0.2, 0) is 20.7 Å². The van der Waals surface area contributed by atoms with Gasteiger partial charge in [0.05, 0.1) is 19.1 Å². The molecule has 194 valence electrons. The van der Waals surface area contributed by atoms with E-state index in [0.29, 0.717) is 13.2 Å². The molecule has 0 unspecified atom stereocenters. The van der Waals surface area contributed by atoms with Gasteiger partial charge >= 0.3 is 0 Å². The smallest absolute Gasteiger partial charge is 0.224 e. The fourth-order valence-corrected chi connectivity index (χ4v) is 5.55. The molecule has 0 saturated carbocycles. The quantitative estimate of drug-likeness (QED) is 0.249. The van der Waals surface area contributed by atoms with Crippen LogP contribution in [0.25, 0.3) is 10.9 Å². The number of aliphatic hydroxyl groups excluding tert-OH is 2. The molecule has 1 aliphatic rings. The largest absolute Gasteiger partial charge is 0.394 e. The number of hydrogen-bond acceptors (Lipinski definition) is 7. The standard InChI is InChI=1S/C27H35N3O5S/c1-17-8-10-19(11-9-17)36-27-24(26(34-13-5-4-12-28)25(33)22(16-31)35-27)30-23(32)14-18-15-29-21-7-3-2-6-20(18)21/h2-3,6-11,15,22,24-27,29,31,33H,4-5,12-14,16,28H2,1H3,(H,30,32)/t22-,24+,25-,26-,27-/m1/s1. The number of aliphatic hydroxyl groups is 2. The molecule has 2 heterocycles. The number of carbonyl (C=O) groups is 1. The molecule has 1 saturated heterocycles. The first-order valence-corrected chi connectivity index (χ1v) is 13.2. The zero-order valence-electron chi connectivity index (χ0n) is 20.4. The molecule has 9 heteroatoms. The predicted molar refractivity (Wildman–Crippen MR) is 141 cm³/mol. The average molecular weight is 514 g/mol. The number of nitrogens with two attached hydrogens (primary N) is 1. The lowest BCUT2D eigenvalue weighted by Crippen LogP contribution is -2.64. The maximum absolute atomic E-state index is 13.3. The number of carbonyl (C=O) groups excluding carboxylic acids is 1. The second-order valence-corrected chi connectivity index (χ2v) is 10.3. The van der Waals surface area contributed by atoms with Crippen molar-refractivity contribution < 1.29 is 24.5 Å². The van der Waals surface area contributed by atoms with Gasteiger partial charge in [0, 0.05) is 28.6 Å². The van der Waals surface area contributed by atoms with Gasteiger partial charge in [-0.3, -0.25) is 4.79 Å². The minimum atomic E-state index is -1.10. The van der Waals surface area contributed by atoms with Gasteiger partial charge in [-0.05, 0) is 50.1 Å². The maximum atomic E-state index is 13.3. The monoisotopic (exact) mass is 513 g/mol. The van der Waals surface area contributed by atoms with Crippen molar-refractivity contribution in [3.05, 3.63) is 65.9 Å². The Morgan fingerprint density at radius 2 is 1.97 bits per heavy atom. The minimum absolute atomic E-state index is 0.169. The Balaban J connectivity index is 1.55. The molecule has 3 aromatic rings. The fourth-order valence-electron chi connectivity index (χ4n) is 4.43. The van der Waals surface area contributed by atoms with Crippen LogP contribution >= 0.6 is 11.8 Å². The molecule has 8 nitrogen and oxygen atoms in total. The summed E-state index contributed by atoms with van der Waals surface area (Å²) in [4.78, 5) is 17.4. The van der Waals surface area contributed by atoms with Gasteiger partial charge in [0.25, 0.3) is 0 Å². The van der Waals surface area contributed by atoms with Gasteiger partial charge in [0.1, 0.15) is 23.7 Å². The number of aromatic nitrogens is 1. The SMILES string of the molecule is Cc1ccc(S[C@H]2O[C@H](CO)[C@@H](O)[C@H](OCCCCN)[C@@H]2NC(=O)Cc2c[nH]c3ccccc23)cc1. The van der Waals surface area contributed by atoms with Crippen LogP contribution in [0.1, 0.15) is 24.0 Å². The molecular weight excluding hydrogens is 478 g/mol. The van der Waals surface area contributed by atoms with Gasteiger partial charge in [-0.25, -0.2) is 0 Å². The van der Waals surface area contributed by atoms with Crippen LogP contribution in [0.3, 0.4) is 0 Å². The molecule has 0 aliphatic carbocycles. The van der Waals surface area contributed by atoms with Gasteiger partial charge < -0.3 is 35.7 Å². The number of aryl methyl sites for hydroxylation is 1. The third-order valence-electron chi connectivity index (χ3n) is 6.39. The van der Waals surface area contributed by atoms with Crippen LogP contribution in [0.2, 0.25) is 0 Å². The van der Waals surface area contributed by atoms with Crippen molar-refractivity contribution in [1.82, 2.24) is 10.3 Å². The summed E-state index contributed by atoms with van der Waals surface area (Å²) >= 11 is 1.44. The first-order chi connectivity index (χ1) is 17.5. The molecule has 6 N–H and O–H groups in total. The van der Waals surface area contributed by atoms with Gasteiger partial charge in [-0.2, -0.15) is 0 Å². The van der Waals surface area contributed by atoms with E-state index in [1.807, 2.05) is 61.7 Å². The zero-order valence-corrected chi connectivity index (χ0v) is 21.2. The van der Waals surface area contributed by atoms with Crippen molar-refractivity contribution in [2.45, 2.75) is 60.9 Å². The number of unbranched alkanes of at least 4 members (excludes halogenated alkanes) is 1. The molecular formula is C27H35N3O5S. The van der Waals surface area contributed by atoms with Crippen molar-refractivity contribution in [2.75, 3.05) is 19.8 Å². The molecule has 36 heavy (non-hydrogen) atoms. The molecule has 0 spiro atoms. The van der Waals surface area contributed by atoms with Gasteiger partial charge in [0.15, 0.2) is 0 Å². The van der Waals surface area contributed by atoms with Crippen LogP contribution in [0.15, 0.2) is 59.6 Å². The number of ether oxygens (including phenoxy) is 2. The summed E-state index contributed by atoms with van der Waals surface area (Å²) < 4.78 is 12.2. The lowest BCUT2D eigenvalue weighted by Gasteiger charge is -2.44. The second kappa shape index (κ2) is 12.7. The van der Waals surface area contributed by atoms with Crippen molar-refractivity contribution in [3.8, 4) is 0 Å². The van der Waals surface area contributed by atoms with Gasteiger partial charge in [-0.15, -0.1) is 0 Å². The highest BCUT2D eigenvalue weighted by Crippen LogP contribution is 2.35. The highest BCUT2D eigenvalue weighted by molar-refractivity contribution is 7.99. The van der Waals surface area contributed by atoms with E-state index in [1.54, 1.807) is 0 Å². The van der Waals surface area contributed by atoms with E-state index >= 15 is 0 Å². The highest BCUT2D eigenvalue weighted by atomic mass is 32.2. The summed E-state index contributed by atoms with van der Waals surface area (Å²) in [5.74, 6) is -0.201. The fraction of sp³-hybridized carbons (Fsp3) is 0.444. The van der Waals surface area contributed by atoms with Crippen molar-refractivity contribution in [2.24, 2.45) is 5.73 Å². The summed E-state index contributed by atoms with van der Waals surface area (Å²) in [7, 11) is 0. The molecule has 0 radical (unpaired) electrons. The van der Waals surface area contributed by atoms with Crippen LogP contribution in [0.5, 0.6) is 0 Å². The van der Waals surface area contributed by atoms with Crippen molar-refractivity contribution in [1.29, 1.82) is 0 Å². The number of benzene rings is 2. The third-order valence-corrected chi connectivity index (χ3v) is 7.57. The lowest BCUT2D eigenvalue weighted by atomic mass is 9.97. The zero-order chi connectivity index (χ0) is 25.5. The summed E-state index contributed by atoms with van der Waals surface area (Å²) in [6.45, 7) is 2.59. The Labute approximate surface area is 215 Å². The van der Waals surface area contributed by atoms with E-state index in [4.69, 9.17) is 15.2 Å². The Hall–Kier alpha value is -2.40. The number of fused-ring (bicyclic) bond motifs is 1. The van der Waals surface area contributed by atoms with Gasteiger partial charge in [-0.1, -0.05) is 47.7 Å². The van der Waals surface area contributed by atoms with Crippen LogP contribution in [-0.4, -0.2) is 70.7 Å². The number of amides is 1. The Bertz CT molecular complexity index is 1120. The maximum Gasteiger partial charge on any atom is 0.224 e. The average Bonchev–Trinajstić information content (AvgIpc) is 3.28. The normalized spacial score (nSPS) is 24.2. The number of aromatic amines is 1. The predicted octanol–water partition coefficient (Wildman–Crippen LogP) is 2.50. The number of rotatable bonds is 11. The lowest BCUT2D eigenvalue weighted by molar-refractivity contribution is -0.188. The highest BCUT2D eigenvalue weighted by Gasteiger charge is 2.46. The Morgan fingerprint density at radius 3 is 2.72 bits per heavy atom.